The predicted molar refractivity (Wildman–Crippen MR) is 126 cm³/mol. The van der Waals surface area contributed by atoms with E-state index in [2.05, 4.69) is 4.98 Å². The molecule has 0 aliphatic carbocycles. The third kappa shape index (κ3) is 5.10. The van der Waals surface area contributed by atoms with Gasteiger partial charge in [0.25, 0.3) is 11.5 Å². The summed E-state index contributed by atoms with van der Waals surface area (Å²) in [4.78, 5) is 28.4. The number of pyridine rings is 1. The van der Waals surface area contributed by atoms with E-state index in [0.29, 0.717) is 21.5 Å². The minimum absolute atomic E-state index is 0.0876. The summed E-state index contributed by atoms with van der Waals surface area (Å²) in [7, 11) is -3.99. The van der Waals surface area contributed by atoms with E-state index in [1.807, 2.05) is 4.72 Å². The number of hydrogen-bond acceptors (Lipinski definition) is 4. The first-order valence-electron chi connectivity index (χ1n) is 10.0. The van der Waals surface area contributed by atoms with Crippen LogP contribution < -0.4 is 10.3 Å². The largest absolute Gasteiger partial charge is 0.416 e. The zero-order valence-corrected chi connectivity index (χ0v) is 19.6. The Balaban J connectivity index is 2.00. The molecule has 0 aliphatic heterocycles. The van der Waals surface area contributed by atoms with Gasteiger partial charge in [0.05, 0.1) is 11.8 Å². The lowest BCUT2D eigenvalue weighted by Crippen LogP contribution is -2.31. The first kappa shape index (κ1) is 24.6. The molecule has 12 heteroatoms. The Labute approximate surface area is 202 Å². The molecule has 2 N–H and O–H groups in total. The fraction of sp³-hybridized carbons (Fsp3) is 0.130. The molecule has 0 atom stereocenters. The lowest BCUT2D eigenvalue weighted by atomic mass is 10.0. The van der Waals surface area contributed by atoms with Crippen LogP contribution in [0.3, 0.4) is 0 Å². The molecule has 4 rings (SSSR count). The van der Waals surface area contributed by atoms with E-state index >= 15 is 0 Å². The van der Waals surface area contributed by atoms with Gasteiger partial charge in [-0.25, -0.2) is 13.1 Å². The number of nitrogens with one attached hydrogen (secondary N) is 2. The molecule has 2 heterocycles. The second kappa shape index (κ2) is 8.90. The van der Waals surface area contributed by atoms with Crippen molar-refractivity contribution >= 4 is 38.4 Å². The quantitative estimate of drug-likeness (QED) is 0.405. The van der Waals surface area contributed by atoms with E-state index in [0.717, 1.165) is 18.4 Å². The number of aromatic amines is 1. The number of nitrogens with zero attached hydrogens (tertiary/aromatic N) is 1. The molecule has 1 amide bonds. The highest BCUT2D eigenvalue weighted by Crippen LogP contribution is 2.36. The molecule has 0 saturated heterocycles. The van der Waals surface area contributed by atoms with E-state index in [1.54, 1.807) is 18.2 Å². The average Bonchev–Trinajstić information content (AvgIpc) is 3.06. The van der Waals surface area contributed by atoms with Crippen LogP contribution in [-0.2, 0) is 22.7 Å². The molecule has 2 aromatic heterocycles. The minimum Gasteiger partial charge on any atom is -0.331 e. The standard InChI is InChI=1S/C23H17ClF3N3O4S/c1-35(33,34)29-22(32)20-19(16-3-2-10-28-21(16)31)17-11-15(24)8-9-18(17)30(20)12-13-4-6-14(7-5-13)23(25,26)27/h2-11H,12H2,1H3,(H,28,31)(H,29,32). The summed E-state index contributed by atoms with van der Waals surface area (Å²) in [6, 6.07) is 12.0. The van der Waals surface area contributed by atoms with Gasteiger partial charge < -0.3 is 9.55 Å². The van der Waals surface area contributed by atoms with E-state index < -0.39 is 33.2 Å². The van der Waals surface area contributed by atoms with Gasteiger partial charge in [-0.15, -0.1) is 0 Å². The third-order valence-electron chi connectivity index (χ3n) is 5.23. The minimum atomic E-state index is -4.52. The van der Waals surface area contributed by atoms with Crippen LogP contribution >= 0.6 is 11.6 Å². The zero-order chi connectivity index (χ0) is 25.5. The predicted octanol–water partition coefficient (Wildman–Crippen LogP) is 4.41. The molecule has 4 aromatic rings. The lowest BCUT2D eigenvalue weighted by Gasteiger charge is -2.13. The Morgan fingerprint density at radius 1 is 1.11 bits per heavy atom. The first-order chi connectivity index (χ1) is 16.3. The number of sulfonamides is 1. The van der Waals surface area contributed by atoms with Crippen molar-refractivity contribution < 1.29 is 26.4 Å². The molecule has 182 valence electrons. The van der Waals surface area contributed by atoms with Gasteiger partial charge in [-0.2, -0.15) is 13.2 Å². The van der Waals surface area contributed by atoms with E-state index in [9.17, 15) is 31.2 Å². The summed E-state index contributed by atoms with van der Waals surface area (Å²) < 4.78 is 66.0. The van der Waals surface area contributed by atoms with Gasteiger partial charge in [0.1, 0.15) is 5.69 Å². The van der Waals surface area contributed by atoms with Crippen LogP contribution in [0.1, 0.15) is 21.6 Å². The first-order valence-corrected chi connectivity index (χ1v) is 12.3. The molecule has 0 bridgehead atoms. The van der Waals surface area contributed by atoms with Crippen molar-refractivity contribution in [2.24, 2.45) is 0 Å². The number of halogens is 4. The number of benzene rings is 2. The number of carbonyl (C=O) groups is 1. The number of amides is 1. The average molecular weight is 524 g/mol. The molecular weight excluding hydrogens is 507 g/mol. The third-order valence-corrected chi connectivity index (χ3v) is 6.02. The maximum Gasteiger partial charge on any atom is 0.416 e. The van der Waals surface area contributed by atoms with E-state index in [-0.39, 0.29) is 23.4 Å². The molecule has 7 nitrogen and oxygen atoms in total. The van der Waals surface area contributed by atoms with Crippen LogP contribution in [0.15, 0.2) is 65.6 Å². The van der Waals surface area contributed by atoms with Gasteiger partial charge >= 0.3 is 6.18 Å². The van der Waals surface area contributed by atoms with Crippen LogP contribution in [0.4, 0.5) is 13.2 Å². The maximum atomic E-state index is 13.2. The Hall–Kier alpha value is -3.57. The molecule has 0 spiro atoms. The van der Waals surface area contributed by atoms with E-state index in [4.69, 9.17) is 11.6 Å². The number of hydrogen-bond donors (Lipinski definition) is 2. The Morgan fingerprint density at radius 2 is 1.80 bits per heavy atom. The molecule has 0 aliphatic rings. The molecular formula is C23H17ClF3N3O4S. The summed E-state index contributed by atoms with van der Waals surface area (Å²) in [6.45, 7) is -0.0898. The number of H-pyrrole nitrogens is 1. The summed E-state index contributed by atoms with van der Waals surface area (Å²) in [5.74, 6) is -1.01. The van der Waals surface area contributed by atoms with Crippen molar-refractivity contribution in [1.82, 2.24) is 14.3 Å². The molecule has 0 saturated carbocycles. The van der Waals surface area contributed by atoms with Crippen molar-refractivity contribution in [3.63, 3.8) is 0 Å². The second-order valence-electron chi connectivity index (χ2n) is 7.78. The van der Waals surface area contributed by atoms with Crippen molar-refractivity contribution in [1.29, 1.82) is 0 Å². The van der Waals surface area contributed by atoms with Crippen LogP contribution in [0.25, 0.3) is 22.0 Å². The number of alkyl halides is 3. The highest BCUT2D eigenvalue weighted by Gasteiger charge is 2.30. The van der Waals surface area contributed by atoms with Gasteiger partial charge in [0, 0.05) is 39.8 Å². The van der Waals surface area contributed by atoms with Gasteiger partial charge in [0.15, 0.2) is 0 Å². The number of fused-ring (bicyclic) bond motifs is 1. The Kier molecular flexibility index (Phi) is 6.24. The van der Waals surface area contributed by atoms with Crippen molar-refractivity contribution in [2.75, 3.05) is 6.26 Å². The number of carbonyl (C=O) groups excluding carboxylic acids is 1. The van der Waals surface area contributed by atoms with Gasteiger partial charge in [0.2, 0.25) is 10.0 Å². The van der Waals surface area contributed by atoms with Crippen LogP contribution in [-0.4, -0.2) is 30.1 Å². The molecule has 2 aromatic carbocycles. The molecule has 0 radical (unpaired) electrons. The maximum absolute atomic E-state index is 13.2. The summed E-state index contributed by atoms with van der Waals surface area (Å²) in [6.07, 6.45) is -2.31. The normalized spacial score (nSPS) is 12.1. The van der Waals surface area contributed by atoms with Crippen LogP contribution in [0, 0.1) is 0 Å². The Bertz CT molecular complexity index is 1610. The molecule has 0 fully saturated rings. The summed E-state index contributed by atoms with van der Waals surface area (Å²) in [5, 5.41) is 0.688. The number of aromatic nitrogens is 2. The van der Waals surface area contributed by atoms with E-state index in [1.165, 1.54) is 35.0 Å². The topological polar surface area (TPSA) is 101 Å². The van der Waals surface area contributed by atoms with Crippen molar-refractivity contribution in [3.8, 4) is 11.1 Å². The molecule has 35 heavy (non-hydrogen) atoms. The monoisotopic (exact) mass is 523 g/mol. The second-order valence-corrected chi connectivity index (χ2v) is 9.97. The van der Waals surface area contributed by atoms with Gasteiger partial charge in [-0.1, -0.05) is 23.7 Å². The summed E-state index contributed by atoms with van der Waals surface area (Å²) >= 11 is 6.19. The SMILES string of the molecule is CS(=O)(=O)NC(=O)c1c(-c2ccc[nH]c2=O)c2cc(Cl)ccc2n1Cc1ccc(C(F)(F)F)cc1. The summed E-state index contributed by atoms with van der Waals surface area (Å²) in [5.41, 5.74) is -0.476. The lowest BCUT2D eigenvalue weighted by molar-refractivity contribution is -0.137. The Morgan fingerprint density at radius 3 is 2.40 bits per heavy atom. The van der Waals surface area contributed by atoms with Crippen LogP contribution in [0.5, 0.6) is 0 Å². The fourth-order valence-electron chi connectivity index (χ4n) is 3.82. The molecule has 0 unspecified atom stereocenters. The van der Waals surface area contributed by atoms with Gasteiger partial charge in [-0.3, -0.25) is 9.59 Å². The van der Waals surface area contributed by atoms with Crippen molar-refractivity contribution in [3.05, 3.63) is 93.0 Å². The van der Waals surface area contributed by atoms with Gasteiger partial charge in [-0.05, 0) is 48.0 Å². The zero-order valence-electron chi connectivity index (χ0n) is 18.0. The number of rotatable bonds is 5. The van der Waals surface area contributed by atoms with Crippen molar-refractivity contribution in [2.45, 2.75) is 12.7 Å². The highest BCUT2D eigenvalue weighted by atomic mass is 35.5. The van der Waals surface area contributed by atoms with Crippen LogP contribution in [0.2, 0.25) is 5.02 Å². The highest BCUT2D eigenvalue weighted by molar-refractivity contribution is 7.89. The fourth-order valence-corrected chi connectivity index (χ4v) is 4.42. The smallest absolute Gasteiger partial charge is 0.331 e.